The molecule has 34 heavy (non-hydrogen) atoms. The standard InChI is InChI=1S/C28H38N4O2/c1-18(2)25-13-20(19(3)12-22(25)17-32-10-8-23(33)9-11-32)14-27-30-31-28(34-27)15-21-16-29-26-7-5-4-6-24(21)26/h4-7,12,16,18,20,22-23,25,29,33H,8-11,13-15,17H2,1-3H3/t20-,22-,25-/m0/s1. The van der Waals surface area contributed by atoms with Crippen LogP contribution in [-0.4, -0.2) is 50.9 Å². The molecule has 2 aliphatic rings. The minimum atomic E-state index is -0.111. The number of hydrogen-bond donors (Lipinski definition) is 2. The molecule has 3 heterocycles. The van der Waals surface area contributed by atoms with Gasteiger partial charge in [0.15, 0.2) is 0 Å². The molecule has 1 aliphatic carbocycles. The van der Waals surface area contributed by atoms with Gasteiger partial charge in [-0.1, -0.05) is 43.7 Å². The van der Waals surface area contributed by atoms with Crippen LogP contribution in [-0.2, 0) is 12.8 Å². The summed E-state index contributed by atoms with van der Waals surface area (Å²) in [6.07, 6.45) is 8.89. The van der Waals surface area contributed by atoms with Gasteiger partial charge in [0.1, 0.15) is 0 Å². The topological polar surface area (TPSA) is 78.2 Å². The molecule has 6 nitrogen and oxygen atoms in total. The van der Waals surface area contributed by atoms with Crippen LogP contribution in [0.25, 0.3) is 10.9 Å². The number of piperidine rings is 1. The fourth-order valence-corrected chi connectivity index (χ4v) is 5.98. The van der Waals surface area contributed by atoms with Crippen molar-refractivity contribution in [3.05, 3.63) is 59.5 Å². The van der Waals surface area contributed by atoms with E-state index in [1.54, 1.807) is 0 Å². The summed E-state index contributed by atoms with van der Waals surface area (Å²) in [5, 5.41) is 19.8. The number of fused-ring (bicyclic) bond motifs is 1. The average Bonchev–Trinajstić information content (AvgIpc) is 3.44. The van der Waals surface area contributed by atoms with Gasteiger partial charge in [0.05, 0.1) is 12.5 Å². The number of nitrogens with zero attached hydrogens (tertiary/aromatic N) is 3. The van der Waals surface area contributed by atoms with E-state index in [9.17, 15) is 5.11 Å². The zero-order valence-corrected chi connectivity index (χ0v) is 20.7. The third-order valence-corrected chi connectivity index (χ3v) is 8.06. The Bertz CT molecular complexity index is 1120. The van der Waals surface area contributed by atoms with Crippen LogP contribution in [0.4, 0.5) is 0 Å². The minimum Gasteiger partial charge on any atom is -0.425 e. The largest absolute Gasteiger partial charge is 0.425 e. The van der Waals surface area contributed by atoms with E-state index in [0.717, 1.165) is 50.3 Å². The van der Waals surface area contributed by atoms with Gasteiger partial charge in [-0.3, -0.25) is 0 Å². The van der Waals surface area contributed by atoms with Crippen LogP contribution >= 0.6 is 0 Å². The molecule has 2 aromatic heterocycles. The van der Waals surface area contributed by atoms with Crippen LogP contribution in [0.15, 0.2) is 46.5 Å². The summed E-state index contributed by atoms with van der Waals surface area (Å²) >= 11 is 0. The maximum Gasteiger partial charge on any atom is 0.221 e. The number of para-hydroxylation sites is 1. The van der Waals surface area contributed by atoms with E-state index in [1.165, 1.54) is 22.9 Å². The van der Waals surface area contributed by atoms with E-state index < -0.39 is 0 Å². The molecule has 0 spiro atoms. The van der Waals surface area contributed by atoms with Gasteiger partial charge in [0, 0.05) is 43.2 Å². The first-order valence-electron chi connectivity index (χ1n) is 12.9. The fourth-order valence-electron chi connectivity index (χ4n) is 5.98. The Labute approximate surface area is 202 Å². The molecule has 3 atom stereocenters. The van der Waals surface area contributed by atoms with E-state index in [1.807, 2.05) is 12.3 Å². The Morgan fingerprint density at radius 2 is 1.91 bits per heavy atom. The number of nitrogens with one attached hydrogen (secondary N) is 1. The van der Waals surface area contributed by atoms with Crippen molar-refractivity contribution in [1.29, 1.82) is 0 Å². The van der Waals surface area contributed by atoms with Crippen molar-refractivity contribution < 1.29 is 9.52 Å². The highest BCUT2D eigenvalue weighted by Gasteiger charge is 2.34. The summed E-state index contributed by atoms with van der Waals surface area (Å²) in [6, 6.07) is 8.32. The summed E-state index contributed by atoms with van der Waals surface area (Å²) in [4.78, 5) is 5.87. The van der Waals surface area contributed by atoms with Crippen LogP contribution in [0.1, 0.15) is 57.4 Å². The van der Waals surface area contributed by atoms with Gasteiger partial charge in [-0.05, 0) is 61.5 Å². The Morgan fingerprint density at radius 3 is 2.71 bits per heavy atom. The lowest BCUT2D eigenvalue weighted by Crippen LogP contribution is -2.42. The molecule has 0 amide bonds. The van der Waals surface area contributed by atoms with Gasteiger partial charge in [-0.25, -0.2) is 0 Å². The van der Waals surface area contributed by atoms with E-state index in [4.69, 9.17) is 4.42 Å². The van der Waals surface area contributed by atoms with Gasteiger partial charge >= 0.3 is 0 Å². The smallest absolute Gasteiger partial charge is 0.221 e. The predicted octanol–water partition coefficient (Wildman–Crippen LogP) is 5.00. The van der Waals surface area contributed by atoms with Crippen LogP contribution in [0.2, 0.25) is 0 Å². The van der Waals surface area contributed by atoms with E-state index >= 15 is 0 Å². The van der Waals surface area contributed by atoms with Gasteiger partial charge in [0.25, 0.3) is 0 Å². The summed E-state index contributed by atoms with van der Waals surface area (Å²) in [7, 11) is 0. The molecule has 5 rings (SSSR count). The summed E-state index contributed by atoms with van der Waals surface area (Å²) < 4.78 is 6.12. The first-order valence-corrected chi connectivity index (χ1v) is 12.9. The lowest BCUT2D eigenvalue weighted by Gasteiger charge is -2.40. The Kier molecular flexibility index (Phi) is 6.89. The van der Waals surface area contributed by atoms with Crippen LogP contribution in [0, 0.1) is 23.7 Å². The van der Waals surface area contributed by atoms with Crippen molar-refractivity contribution in [3.63, 3.8) is 0 Å². The molecule has 1 saturated heterocycles. The van der Waals surface area contributed by atoms with Gasteiger partial charge < -0.3 is 19.4 Å². The van der Waals surface area contributed by atoms with Gasteiger partial charge in [0.2, 0.25) is 11.8 Å². The second-order valence-electron chi connectivity index (χ2n) is 10.8. The first-order chi connectivity index (χ1) is 16.5. The lowest BCUT2D eigenvalue weighted by atomic mass is 9.69. The molecule has 1 aliphatic heterocycles. The molecule has 1 aromatic carbocycles. The summed E-state index contributed by atoms with van der Waals surface area (Å²) in [6.45, 7) is 10.1. The third-order valence-electron chi connectivity index (χ3n) is 8.06. The van der Waals surface area contributed by atoms with Crippen molar-refractivity contribution in [2.45, 2.75) is 59.0 Å². The van der Waals surface area contributed by atoms with Crippen LogP contribution in [0.3, 0.4) is 0 Å². The highest BCUT2D eigenvalue weighted by Crippen LogP contribution is 2.39. The van der Waals surface area contributed by atoms with Gasteiger partial charge in [-0.15, -0.1) is 10.2 Å². The Morgan fingerprint density at radius 1 is 1.15 bits per heavy atom. The number of rotatable bonds is 7. The van der Waals surface area contributed by atoms with E-state index in [2.05, 4.69) is 65.1 Å². The van der Waals surface area contributed by atoms with Gasteiger partial charge in [-0.2, -0.15) is 0 Å². The molecule has 182 valence electrons. The first kappa shape index (κ1) is 23.3. The molecular weight excluding hydrogens is 424 g/mol. The number of aliphatic hydroxyl groups excluding tert-OH is 1. The lowest BCUT2D eigenvalue weighted by molar-refractivity contribution is 0.0670. The number of aliphatic hydroxyl groups is 1. The fraction of sp³-hybridized carbons (Fsp3) is 0.571. The molecule has 0 saturated carbocycles. The SMILES string of the molecule is CC1=C[C@@H](CN2CCC(O)CC2)[C@H](C(C)C)C[C@H]1Cc1nnc(Cc2c[nH]c3ccccc23)o1. The summed E-state index contributed by atoms with van der Waals surface area (Å²) in [5.74, 6) is 3.74. The predicted molar refractivity (Wildman–Crippen MR) is 134 cm³/mol. The Hall–Kier alpha value is -2.44. The quantitative estimate of drug-likeness (QED) is 0.484. The zero-order chi connectivity index (χ0) is 23.7. The molecule has 0 bridgehead atoms. The molecule has 0 radical (unpaired) electrons. The second-order valence-corrected chi connectivity index (χ2v) is 10.8. The Balaban J connectivity index is 1.25. The highest BCUT2D eigenvalue weighted by atomic mass is 16.4. The van der Waals surface area contributed by atoms with Crippen LogP contribution in [0.5, 0.6) is 0 Å². The number of aromatic nitrogens is 3. The normalized spacial score (nSPS) is 24.7. The highest BCUT2D eigenvalue weighted by molar-refractivity contribution is 5.83. The minimum absolute atomic E-state index is 0.111. The number of benzene rings is 1. The molecule has 0 unspecified atom stereocenters. The average molecular weight is 463 g/mol. The number of hydrogen-bond acceptors (Lipinski definition) is 5. The maximum atomic E-state index is 9.85. The number of aromatic amines is 1. The van der Waals surface area contributed by atoms with E-state index in [-0.39, 0.29) is 6.10 Å². The second kappa shape index (κ2) is 10.0. The van der Waals surface area contributed by atoms with Crippen LogP contribution < -0.4 is 0 Å². The van der Waals surface area contributed by atoms with Crippen molar-refractivity contribution >= 4 is 10.9 Å². The monoisotopic (exact) mass is 462 g/mol. The number of allylic oxidation sites excluding steroid dienone is 1. The molecule has 2 N–H and O–H groups in total. The van der Waals surface area contributed by atoms with Crippen molar-refractivity contribution in [2.24, 2.45) is 23.7 Å². The van der Waals surface area contributed by atoms with Crippen molar-refractivity contribution in [1.82, 2.24) is 20.1 Å². The van der Waals surface area contributed by atoms with E-state index in [0.29, 0.717) is 36.0 Å². The zero-order valence-electron chi connectivity index (χ0n) is 20.7. The molecule has 6 heteroatoms. The molecule has 1 fully saturated rings. The number of H-pyrrole nitrogens is 1. The van der Waals surface area contributed by atoms with Crippen molar-refractivity contribution in [2.75, 3.05) is 19.6 Å². The molecule has 3 aromatic rings. The number of likely N-dealkylation sites (tertiary alicyclic amines) is 1. The maximum absolute atomic E-state index is 9.85. The molecular formula is C28H38N4O2. The summed E-state index contributed by atoms with van der Waals surface area (Å²) in [5.41, 5.74) is 3.78. The van der Waals surface area contributed by atoms with Crippen molar-refractivity contribution in [3.8, 4) is 0 Å². The third kappa shape index (κ3) is 5.13.